The lowest BCUT2D eigenvalue weighted by molar-refractivity contribution is -0.389. The molecule has 0 spiro atoms. The first-order valence-corrected chi connectivity index (χ1v) is 2.67. The fraction of sp³-hybridized carbons (Fsp3) is 1.00. The molecule has 94 valence electrons. The lowest BCUT2D eigenvalue weighted by atomic mass is 10.3. The van der Waals surface area contributed by atoms with Crippen LogP contribution in [0, 0.1) is 0 Å². The molecule has 0 rings (SSSR count). The van der Waals surface area contributed by atoms with Crippen LogP contribution in [-0.2, 0) is 0 Å². The van der Waals surface area contributed by atoms with Gasteiger partial charge in [0.1, 0.15) is 0 Å². The summed E-state index contributed by atoms with van der Waals surface area (Å²) in [6.07, 6.45) is -13.2. The van der Waals surface area contributed by atoms with Crippen molar-refractivity contribution in [2.45, 2.75) is 25.0 Å². The molecule has 0 saturated heterocycles. The van der Waals surface area contributed by atoms with Crippen LogP contribution in [0.2, 0.25) is 0 Å². The predicted molar refractivity (Wildman–Crippen MR) is 24.2 cm³/mol. The first-order valence-electron chi connectivity index (χ1n) is 2.67. The highest BCUT2D eigenvalue weighted by atomic mass is 19.5. The monoisotopic (exact) mass is 258 g/mol. The van der Waals surface area contributed by atoms with E-state index in [1.165, 1.54) is 0 Å². The van der Waals surface area contributed by atoms with Gasteiger partial charge in [-0.1, -0.05) is 0 Å². The average Bonchev–Trinajstić information content (AvgIpc) is 1.79. The van der Waals surface area contributed by atoms with E-state index in [9.17, 15) is 48.3 Å². The van der Waals surface area contributed by atoms with Crippen LogP contribution >= 0.6 is 0 Å². The fourth-order valence-corrected chi connectivity index (χ4v) is 0.161. The summed E-state index contributed by atoms with van der Waals surface area (Å²) in [6, 6.07) is 0. The van der Waals surface area contributed by atoms with Gasteiger partial charge in [-0.2, -0.15) is 48.3 Å². The molecular weight excluding hydrogens is 257 g/mol. The third-order valence-electron chi connectivity index (χ3n) is 0.712. The zero-order chi connectivity index (χ0) is 13.1. The molecule has 0 nitrogen and oxygen atoms in total. The molecule has 0 aromatic carbocycles. The highest BCUT2D eigenvalue weighted by Crippen LogP contribution is 2.46. The van der Waals surface area contributed by atoms with E-state index in [0.29, 0.717) is 0 Å². The van der Waals surface area contributed by atoms with Crippen molar-refractivity contribution < 1.29 is 48.3 Å². The van der Waals surface area contributed by atoms with Crippen LogP contribution in [0.3, 0.4) is 0 Å². The third-order valence-corrected chi connectivity index (χ3v) is 0.712. The molecule has 0 saturated carbocycles. The van der Waals surface area contributed by atoms with Crippen molar-refractivity contribution >= 4 is 0 Å². The lowest BCUT2D eigenvalue weighted by Gasteiger charge is -2.21. The van der Waals surface area contributed by atoms with Gasteiger partial charge in [0.25, 0.3) is 0 Å². The van der Waals surface area contributed by atoms with Crippen LogP contribution in [0.1, 0.15) is 0 Å². The maximum atomic E-state index is 11.2. The zero-order valence-electron chi connectivity index (χ0n) is 6.23. The normalized spacial score (nSPS) is 13.6. The minimum Gasteiger partial charge on any atom is -0.186 e. The molecule has 0 fully saturated rings. The third kappa shape index (κ3) is 5.62. The van der Waals surface area contributed by atoms with Crippen molar-refractivity contribution in [1.29, 1.82) is 0 Å². The maximum Gasteiger partial charge on any atom is 0.463 e. The molecule has 0 aliphatic heterocycles. The SMILES string of the molecule is FC(F)(F)C(F)(F)C(F)(F)F.FC(F)F. The van der Waals surface area contributed by atoms with Gasteiger partial charge >= 0.3 is 25.0 Å². The van der Waals surface area contributed by atoms with Gasteiger partial charge < -0.3 is 0 Å². The zero-order valence-corrected chi connectivity index (χ0v) is 6.23. The van der Waals surface area contributed by atoms with Gasteiger partial charge in [-0.25, -0.2) is 0 Å². The van der Waals surface area contributed by atoms with Crippen LogP contribution in [0.25, 0.3) is 0 Å². The molecular formula is C4HF11. The average molecular weight is 258 g/mol. The second-order valence-electron chi connectivity index (χ2n) is 1.82. The Morgan fingerprint density at radius 3 is 0.667 bits per heavy atom. The van der Waals surface area contributed by atoms with Gasteiger partial charge in [0.2, 0.25) is 0 Å². The Morgan fingerprint density at radius 1 is 0.533 bits per heavy atom. The summed E-state index contributed by atoms with van der Waals surface area (Å²) in [7, 11) is 0. The van der Waals surface area contributed by atoms with Gasteiger partial charge in [0, 0.05) is 0 Å². The van der Waals surface area contributed by atoms with Crippen LogP contribution in [0.4, 0.5) is 48.3 Å². The summed E-state index contributed by atoms with van der Waals surface area (Å²) in [5.74, 6) is -6.62. The molecule has 0 aliphatic carbocycles. The first-order chi connectivity index (χ1) is 6.23. The molecule has 0 unspecified atom stereocenters. The second-order valence-corrected chi connectivity index (χ2v) is 1.82. The minimum atomic E-state index is -6.62. The van der Waals surface area contributed by atoms with Crippen LogP contribution in [0.5, 0.6) is 0 Å². The van der Waals surface area contributed by atoms with Gasteiger partial charge in [-0.05, 0) is 0 Å². The highest BCUT2D eigenvalue weighted by molar-refractivity contribution is 4.83. The molecule has 15 heavy (non-hydrogen) atoms. The Labute approximate surface area is 74.7 Å². The number of hydrogen-bond donors (Lipinski definition) is 0. The largest absolute Gasteiger partial charge is 0.463 e. The number of hydrogen-bond acceptors (Lipinski definition) is 0. The number of alkyl halides is 11. The molecule has 0 N–H and O–H groups in total. The lowest BCUT2D eigenvalue weighted by Crippen LogP contribution is -2.49. The first kappa shape index (κ1) is 16.7. The number of rotatable bonds is 0. The smallest absolute Gasteiger partial charge is 0.186 e. The summed E-state index contributed by atoms with van der Waals surface area (Å²) >= 11 is 0. The molecule has 11 heteroatoms. The number of halogens is 11. The maximum absolute atomic E-state index is 11.2. The van der Waals surface area contributed by atoms with Crippen LogP contribution < -0.4 is 0 Å². The van der Waals surface area contributed by atoms with Gasteiger partial charge in [0.15, 0.2) is 0 Å². The Bertz CT molecular complexity index is 153. The quantitative estimate of drug-likeness (QED) is 0.577. The van der Waals surface area contributed by atoms with E-state index in [2.05, 4.69) is 0 Å². The summed E-state index contributed by atoms with van der Waals surface area (Å²) in [5, 5.41) is 0. The van der Waals surface area contributed by atoms with E-state index >= 15 is 0 Å². The summed E-state index contributed by atoms with van der Waals surface area (Å²) < 4.78 is 117. The summed E-state index contributed by atoms with van der Waals surface area (Å²) in [5.41, 5.74) is 0. The van der Waals surface area contributed by atoms with Crippen molar-refractivity contribution in [2.75, 3.05) is 0 Å². The fourth-order valence-electron chi connectivity index (χ4n) is 0.161. The highest BCUT2D eigenvalue weighted by Gasteiger charge is 2.74. The molecule has 0 amide bonds. The topological polar surface area (TPSA) is 0 Å². The molecule has 0 bridgehead atoms. The van der Waals surface area contributed by atoms with Crippen molar-refractivity contribution in [2.24, 2.45) is 0 Å². The van der Waals surface area contributed by atoms with Crippen molar-refractivity contribution in [3.8, 4) is 0 Å². The molecule has 0 aliphatic rings. The van der Waals surface area contributed by atoms with E-state index in [-0.39, 0.29) is 0 Å². The van der Waals surface area contributed by atoms with Crippen molar-refractivity contribution in [1.82, 2.24) is 0 Å². The summed E-state index contributed by atoms with van der Waals surface area (Å²) in [6.45, 7) is -3.67. The van der Waals surface area contributed by atoms with E-state index in [0.717, 1.165) is 0 Å². The summed E-state index contributed by atoms with van der Waals surface area (Å²) in [4.78, 5) is 0. The van der Waals surface area contributed by atoms with E-state index in [1.54, 1.807) is 0 Å². The van der Waals surface area contributed by atoms with E-state index < -0.39 is 25.0 Å². The van der Waals surface area contributed by atoms with Gasteiger partial charge in [-0.3, -0.25) is 0 Å². The predicted octanol–water partition coefficient (Wildman–Crippen LogP) is 3.92. The Kier molecular flexibility index (Phi) is 5.37. The standard InChI is InChI=1S/C3F8.CHF3/c4-1(5,2(6,7)8)3(9,10)11;2-1(3)4/h;1H. The van der Waals surface area contributed by atoms with Gasteiger partial charge in [-0.15, -0.1) is 0 Å². The van der Waals surface area contributed by atoms with Gasteiger partial charge in [0.05, 0.1) is 0 Å². The minimum absolute atomic E-state index is 3.67. The van der Waals surface area contributed by atoms with Crippen LogP contribution in [-0.4, -0.2) is 25.0 Å². The molecule has 0 aromatic heterocycles. The Balaban J connectivity index is 0. The van der Waals surface area contributed by atoms with E-state index in [1.807, 2.05) is 0 Å². The van der Waals surface area contributed by atoms with E-state index in [4.69, 9.17) is 0 Å². The molecule has 0 radical (unpaired) electrons. The molecule has 0 atom stereocenters. The Hall–Kier alpha value is -0.770. The Morgan fingerprint density at radius 2 is 0.667 bits per heavy atom. The van der Waals surface area contributed by atoms with Crippen molar-refractivity contribution in [3.05, 3.63) is 0 Å². The van der Waals surface area contributed by atoms with Crippen LogP contribution in [0.15, 0.2) is 0 Å². The van der Waals surface area contributed by atoms with Crippen molar-refractivity contribution in [3.63, 3.8) is 0 Å². The molecule has 0 aromatic rings. The second kappa shape index (κ2) is 4.84. The molecule has 0 heterocycles.